The van der Waals surface area contributed by atoms with Crippen LogP contribution in [0.4, 0.5) is 0 Å². The van der Waals surface area contributed by atoms with Crippen LogP contribution in [0.5, 0.6) is 0 Å². The number of fused-ring (bicyclic) bond motifs is 1. The van der Waals surface area contributed by atoms with Gasteiger partial charge in [-0.05, 0) is 22.8 Å². The SMILES string of the molecule is O/N=C(\CC(c1ccccc1)c1c[nH]c2ccccc12)c1ccccc1. The van der Waals surface area contributed by atoms with E-state index in [4.69, 9.17) is 0 Å². The predicted octanol–water partition coefficient (Wildman–Crippen LogP) is 5.57. The van der Waals surface area contributed by atoms with Crippen molar-refractivity contribution in [3.63, 3.8) is 0 Å². The molecule has 4 rings (SSSR count). The van der Waals surface area contributed by atoms with Crippen LogP contribution >= 0.6 is 0 Å². The van der Waals surface area contributed by atoms with Crippen molar-refractivity contribution in [3.8, 4) is 0 Å². The van der Waals surface area contributed by atoms with Gasteiger partial charge in [0, 0.05) is 29.4 Å². The standard InChI is InChI=1S/C23H20N2O/c26-25-23(18-11-5-2-6-12-18)15-20(17-9-3-1-4-10-17)21-16-24-22-14-8-7-13-19(21)22/h1-14,16,20,24,26H,15H2/b25-23+. The van der Waals surface area contributed by atoms with Crippen molar-refractivity contribution in [1.29, 1.82) is 0 Å². The highest BCUT2D eigenvalue weighted by Crippen LogP contribution is 2.34. The molecule has 0 saturated carbocycles. The Morgan fingerprint density at radius 2 is 1.50 bits per heavy atom. The number of nitrogens with one attached hydrogen (secondary N) is 1. The van der Waals surface area contributed by atoms with E-state index in [9.17, 15) is 5.21 Å². The molecule has 1 heterocycles. The van der Waals surface area contributed by atoms with Crippen molar-refractivity contribution >= 4 is 16.6 Å². The number of hydrogen-bond acceptors (Lipinski definition) is 2. The van der Waals surface area contributed by atoms with Gasteiger partial charge in [-0.2, -0.15) is 0 Å². The zero-order chi connectivity index (χ0) is 17.8. The van der Waals surface area contributed by atoms with Gasteiger partial charge < -0.3 is 10.2 Å². The first-order valence-electron chi connectivity index (χ1n) is 8.74. The van der Waals surface area contributed by atoms with Gasteiger partial charge in [-0.25, -0.2) is 0 Å². The number of H-pyrrole nitrogens is 1. The number of aromatic amines is 1. The summed E-state index contributed by atoms with van der Waals surface area (Å²) >= 11 is 0. The second-order valence-corrected chi connectivity index (χ2v) is 6.37. The fourth-order valence-electron chi connectivity index (χ4n) is 3.52. The van der Waals surface area contributed by atoms with Crippen LogP contribution in [-0.4, -0.2) is 15.9 Å². The number of hydrogen-bond donors (Lipinski definition) is 2. The van der Waals surface area contributed by atoms with E-state index < -0.39 is 0 Å². The first-order chi connectivity index (χ1) is 12.9. The average molecular weight is 340 g/mol. The van der Waals surface area contributed by atoms with Crippen LogP contribution in [0, 0.1) is 0 Å². The van der Waals surface area contributed by atoms with Crippen LogP contribution < -0.4 is 0 Å². The molecule has 1 atom stereocenters. The summed E-state index contributed by atoms with van der Waals surface area (Å²) in [6, 6.07) is 28.5. The third kappa shape index (κ3) is 3.11. The van der Waals surface area contributed by atoms with Gasteiger partial charge in [-0.3, -0.25) is 0 Å². The predicted molar refractivity (Wildman–Crippen MR) is 106 cm³/mol. The molecular weight excluding hydrogens is 320 g/mol. The topological polar surface area (TPSA) is 48.4 Å². The van der Waals surface area contributed by atoms with Crippen molar-refractivity contribution < 1.29 is 5.21 Å². The van der Waals surface area contributed by atoms with E-state index in [0.29, 0.717) is 12.1 Å². The number of oxime groups is 1. The molecule has 0 spiro atoms. The Kier molecular flexibility index (Phi) is 4.52. The molecule has 0 bridgehead atoms. The van der Waals surface area contributed by atoms with Crippen LogP contribution in [0.25, 0.3) is 10.9 Å². The maximum atomic E-state index is 9.67. The van der Waals surface area contributed by atoms with Gasteiger partial charge in [-0.1, -0.05) is 84.0 Å². The van der Waals surface area contributed by atoms with E-state index in [1.54, 1.807) is 0 Å². The molecule has 0 aliphatic rings. The fourth-order valence-corrected chi connectivity index (χ4v) is 3.52. The van der Waals surface area contributed by atoms with E-state index in [2.05, 4.69) is 58.8 Å². The van der Waals surface area contributed by atoms with Crippen LogP contribution in [0.1, 0.15) is 29.0 Å². The van der Waals surface area contributed by atoms with Gasteiger partial charge in [0.2, 0.25) is 0 Å². The molecule has 4 aromatic rings. The van der Waals surface area contributed by atoms with Gasteiger partial charge in [-0.15, -0.1) is 0 Å². The quantitative estimate of drug-likeness (QED) is 0.278. The minimum absolute atomic E-state index is 0.0958. The lowest BCUT2D eigenvalue weighted by molar-refractivity contribution is 0.317. The van der Waals surface area contributed by atoms with Crippen LogP contribution in [-0.2, 0) is 0 Å². The number of nitrogens with zero attached hydrogens (tertiary/aromatic N) is 1. The molecule has 0 aliphatic heterocycles. The second-order valence-electron chi connectivity index (χ2n) is 6.37. The monoisotopic (exact) mass is 340 g/mol. The highest BCUT2D eigenvalue weighted by atomic mass is 16.4. The molecule has 3 nitrogen and oxygen atoms in total. The first-order valence-corrected chi connectivity index (χ1v) is 8.74. The summed E-state index contributed by atoms with van der Waals surface area (Å²) in [6.07, 6.45) is 2.69. The second kappa shape index (κ2) is 7.28. The highest BCUT2D eigenvalue weighted by molar-refractivity contribution is 6.01. The highest BCUT2D eigenvalue weighted by Gasteiger charge is 2.21. The summed E-state index contributed by atoms with van der Waals surface area (Å²) in [7, 11) is 0. The Morgan fingerprint density at radius 3 is 2.23 bits per heavy atom. The smallest absolute Gasteiger partial charge is 0.0877 e. The van der Waals surface area contributed by atoms with Crippen LogP contribution in [0.2, 0.25) is 0 Å². The normalized spacial score (nSPS) is 13.0. The Labute approximate surface area is 152 Å². The third-order valence-corrected chi connectivity index (χ3v) is 4.82. The minimum Gasteiger partial charge on any atom is -0.411 e. The molecule has 128 valence electrons. The Hall–Kier alpha value is -3.33. The van der Waals surface area contributed by atoms with Crippen molar-refractivity contribution in [2.45, 2.75) is 12.3 Å². The zero-order valence-corrected chi connectivity index (χ0v) is 14.3. The van der Waals surface area contributed by atoms with E-state index in [1.807, 2.05) is 42.5 Å². The largest absolute Gasteiger partial charge is 0.411 e. The van der Waals surface area contributed by atoms with Crippen molar-refractivity contribution in [1.82, 2.24) is 4.98 Å². The van der Waals surface area contributed by atoms with Gasteiger partial charge in [0.05, 0.1) is 5.71 Å². The maximum absolute atomic E-state index is 9.67. The van der Waals surface area contributed by atoms with Crippen LogP contribution in [0.15, 0.2) is 96.3 Å². The Balaban J connectivity index is 1.79. The van der Waals surface area contributed by atoms with Crippen molar-refractivity contribution in [3.05, 3.63) is 108 Å². The Morgan fingerprint density at radius 1 is 0.846 bits per heavy atom. The first kappa shape index (κ1) is 16.2. The lowest BCUT2D eigenvalue weighted by Gasteiger charge is -2.18. The fraction of sp³-hybridized carbons (Fsp3) is 0.0870. The molecule has 0 fully saturated rings. The third-order valence-electron chi connectivity index (χ3n) is 4.82. The molecule has 2 N–H and O–H groups in total. The average Bonchev–Trinajstić information content (AvgIpc) is 3.14. The number of aromatic nitrogens is 1. The summed E-state index contributed by atoms with van der Waals surface area (Å²) in [4.78, 5) is 3.37. The molecular formula is C23H20N2O. The molecule has 26 heavy (non-hydrogen) atoms. The van der Waals surface area contributed by atoms with Gasteiger partial charge >= 0.3 is 0 Å². The van der Waals surface area contributed by atoms with Gasteiger partial charge in [0.15, 0.2) is 0 Å². The van der Waals surface area contributed by atoms with E-state index in [0.717, 1.165) is 11.1 Å². The maximum Gasteiger partial charge on any atom is 0.0877 e. The summed E-state index contributed by atoms with van der Waals surface area (Å²) in [5, 5.41) is 14.5. The van der Waals surface area contributed by atoms with Gasteiger partial charge in [0.1, 0.15) is 0 Å². The molecule has 0 aliphatic carbocycles. The molecule has 3 heteroatoms. The molecule has 1 aromatic heterocycles. The summed E-state index contributed by atoms with van der Waals surface area (Å²) in [5.74, 6) is 0.0958. The number of benzene rings is 3. The summed E-state index contributed by atoms with van der Waals surface area (Å²) < 4.78 is 0. The van der Waals surface area contributed by atoms with E-state index in [-0.39, 0.29) is 5.92 Å². The molecule has 3 aromatic carbocycles. The van der Waals surface area contributed by atoms with E-state index in [1.165, 1.54) is 16.5 Å². The minimum atomic E-state index is 0.0958. The van der Waals surface area contributed by atoms with Gasteiger partial charge in [0.25, 0.3) is 0 Å². The molecule has 0 amide bonds. The van der Waals surface area contributed by atoms with E-state index >= 15 is 0 Å². The zero-order valence-electron chi connectivity index (χ0n) is 14.3. The molecule has 1 unspecified atom stereocenters. The molecule has 0 radical (unpaired) electrons. The summed E-state index contributed by atoms with van der Waals surface area (Å²) in [5.41, 5.74) is 5.16. The van der Waals surface area contributed by atoms with Crippen LogP contribution in [0.3, 0.4) is 0 Å². The Bertz CT molecular complexity index is 1020. The lowest BCUT2D eigenvalue weighted by atomic mass is 9.85. The lowest BCUT2D eigenvalue weighted by Crippen LogP contribution is -2.10. The molecule has 0 saturated heterocycles. The summed E-state index contributed by atoms with van der Waals surface area (Å²) in [6.45, 7) is 0. The van der Waals surface area contributed by atoms with Crippen molar-refractivity contribution in [2.24, 2.45) is 5.16 Å². The number of para-hydroxylation sites is 1. The van der Waals surface area contributed by atoms with Crippen molar-refractivity contribution in [2.75, 3.05) is 0 Å². The number of rotatable bonds is 5.